The van der Waals surface area contributed by atoms with Gasteiger partial charge in [0.2, 0.25) is 5.13 Å². The summed E-state index contributed by atoms with van der Waals surface area (Å²) in [5, 5.41) is 2.54. The molecule has 0 aliphatic rings. The molecule has 17 heavy (non-hydrogen) atoms. The lowest BCUT2D eigenvalue weighted by Gasteiger charge is -1.98. The van der Waals surface area contributed by atoms with Crippen molar-refractivity contribution >= 4 is 40.0 Å². The minimum atomic E-state index is 0.0329. The Labute approximate surface area is 108 Å². The third kappa shape index (κ3) is 5.55. The summed E-state index contributed by atoms with van der Waals surface area (Å²) in [7, 11) is 1.70. The molecule has 0 aliphatic heterocycles. The summed E-state index contributed by atoms with van der Waals surface area (Å²) in [6.45, 7) is 0. The fourth-order valence-electron chi connectivity index (χ4n) is 0.990. The first kappa shape index (κ1) is 13.8. The maximum atomic E-state index is 5.59. The molecule has 0 atom stereocenters. The maximum absolute atomic E-state index is 5.59. The summed E-state index contributed by atoms with van der Waals surface area (Å²) >= 11 is 3.18. The Kier molecular flexibility index (Phi) is 5.78. The van der Waals surface area contributed by atoms with Crippen LogP contribution in [0.15, 0.2) is 15.4 Å². The van der Waals surface area contributed by atoms with Gasteiger partial charge < -0.3 is 17.2 Å². The molecule has 1 aromatic rings. The maximum Gasteiger partial charge on any atom is 0.212 e. The number of thioether (sulfide) groups is 1. The summed E-state index contributed by atoms with van der Waals surface area (Å²) in [4.78, 5) is 12.0. The van der Waals surface area contributed by atoms with Crippen LogP contribution in [0.2, 0.25) is 0 Å². The predicted octanol–water partition coefficient (Wildman–Crippen LogP) is 0.658. The van der Waals surface area contributed by atoms with Crippen molar-refractivity contribution in [3.8, 4) is 0 Å². The van der Waals surface area contributed by atoms with Crippen molar-refractivity contribution in [2.24, 2.45) is 27.2 Å². The molecular formula is C9H16N6S2. The van der Waals surface area contributed by atoms with E-state index in [1.54, 1.807) is 18.8 Å². The van der Waals surface area contributed by atoms with Gasteiger partial charge in [0.25, 0.3) is 0 Å². The van der Waals surface area contributed by atoms with E-state index < -0.39 is 0 Å². The van der Waals surface area contributed by atoms with E-state index in [2.05, 4.69) is 15.0 Å². The van der Waals surface area contributed by atoms with Crippen LogP contribution in [0.25, 0.3) is 0 Å². The number of thiazole rings is 1. The van der Waals surface area contributed by atoms with Crippen LogP contribution in [-0.2, 0) is 5.75 Å². The highest BCUT2D eigenvalue weighted by Gasteiger charge is 2.01. The zero-order valence-corrected chi connectivity index (χ0v) is 11.2. The molecule has 1 aromatic heterocycles. The zero-order chi connectivity index (χ0) is 12.7. The molecule has 6 nitrogen and oxygen atoms in total. The van der Waals surface area contributed by atoms with Crippen LogP contribution in [-0.4, -0.2) is 29.6 Å². The molecule has 0 unspecified atom stereocenters. The molecule has 1 heterocycles. The molecule has 0 aliphatic carbocycles. The number of hydrogen-bond acceptors (Lipinski definition) is 5. The molecule has 0 saturated heterocycles. The van der Waals surface area contributed by atoms with Gasteiger partial charge >= 0.3 is 0 Å². The van der Waals surface area contributed by atoms with Crippen molar-refractivity contribution < 1.29 is 0 Å². The Bertz CT molecular complexity index is 407. The lowest BCUT2D eigenvalue weighted by Crippen LogP contribution is -2.21. The lowest BCUT2D eigenvalue weighted by molar-refractivity contribution is 1.19. The topological polar surface area (TPSA) is 116 Å². The number of nitrogens with two attached hydrogens (primary N) is 3. The van der Waals surface area contributed by atoms with Gasteiger partial charge in [-0.15, -0.1) is 11.3 Å². The summed E-state index contributed by atoms with van der Waals surface area (Å²) in [5.41, 5.74) is 17.1. The predicted molar refractivity (Wildman–Crippen MR) is 75.9 cm³/mol. The highest BCUT2D eigenvalue weighted by molar-refractivity contribution is 7.98. The highest BCUT2D eigenvalue weighted by atomic mass is 32.2. The fraction of sp³-hybridized carbons (Fsp3) is 0.444. The Morgan fingerprint density at radius 1 is 1.47 bits per heavy atom. The average molecular weight is 272 g/mol. The Balaban J connectivity index is 2.33. The van der Waals surface area contributed by atoms with Gasteiger partial charge in [-0.25, -0.2) is 4.98 Å². The van der Waals surface area contributed by atoms with Crippen molar-refractivity contribution in [3.05, 3.63) is 11.1 Å². The van der Waals surface area contributed by atoms with Crippen molar-refractivity contribution in [2.75, 3.05) is 12.8 Å². The largest absolute Gasteiger partial charge is 0.387 e. The SMILES string of the molecule is CN=C(N)CCSCc1csc(N=C(N)N)n1. The van der Waals surface area contributed by atoms with Crippen LogP contribution in [0, 0.1) is 0 Å². The van der Waals surface area contributed by atoms with Crippen molar-refractivity contribution in [2.45, 2.75) is 12.2 Å². The average Bonchev–Trinajstić information content (AvgIpc) is 2.70. The standard InChI is InChI=1S/C9H16N6S2/c1-13-7(10)2-3-16-4-6-5-17-9(14-6)15-8(11)12/h5H,2-4H2,1H3,(H2,10,13)(H4,11,12,14,15). The first-order chi connectivity index (χ1) is 8.11. The second-order valence-electron chi connectivity index (χ2n) is 3.18. The van der Waals surface area contributed by atoms with Gasteiger partial charge in [0.05, 0.1) is 11.5 Å². The van der Waals surface area contributed by atoms with Crippen LogP contribution in [0.1, 0.15) is 12.1 Å². The van der Waals surface area contributed by atoms with Crippen LogP contribution < -0.4 is 17.2 Å². The van der Waals surface area contributed by atoms with Crippen LogP contribution in [0.4, 0.5) is 5.13 Å². The van der Waals surface area contributed by atoms with E-state index >= 15 is 0 Å². The van der Waals surface area contributed by atoms with E-state index in [-0.39, 0.29) is 5.96 Å². The van der Waals surface area contributed by atoms with E-state index in [1.807, 2.05) is 5.38 Å². The summed E-state index contributed by atoms with van der Waals surface area (Å²) in [6, 6.07) is 0. The van der Waals surface area contributed by atoms with Crippen LogP contribution in [0.5, 0.6) is 0 Å². The van der Waals surface area contributed by atoms with Gasteiger partial charge in [0, 0.05) is 30.4 Å². The lowest BCUT2D eigenvalue weighted by atomic mass is 10.4. The molecule has 0 radical (unpaired) electrons. The number of aliphatic imine (C=N–C) groups is 2. The normalized spacial score (nSPS) is 11.5. The second kappa shape index (κ2) is 7.13. The Hall–Kier alpha value is -1.28. The number of guanidine groups is 1. The van der Waals surface area contributed by atoms with Crippen LogP contribution in [0.3, 0.4) is 0 Å². The van der Waals surface area contributed by atoms with Gasteiger partial charge in [-0.3, -0.25) is 4.99 Å². The molecule has 0 fully saturated rings. The van der Waals surface area contributed by atoms with Gasteiger partial charge in [-0.1, -0.05) is 0 Å². The minimum Gasteiger partial charge on any atom is -0.387 e. The first-order valence-corrected chi connectivity index (χ1v) is 6.98. The molecule has 94 valence electrons. The van der Waals surface area contributed by atoms with E-state index in [4.69, 9.17) is 17.2 Å². The first-order valence-electron chi connectivity index (χ1n) is 4.94. The highest BCUT2D eigenvalue weighted by Crippen LogP contribution is 2.21. The molecule has 6 N–H and O–H groups in total. The second-order valence-corrected chi connectivity index (χ2v) is 5.12. The van der Waals surface area contributed by atoms with E-state index in [1.165, 1.54) is 11.3 Å². The molecule has 0 amide bonds. The van der Waals surface area contributed by atoms with Gasteiger partial charge in [-0.05, 0) is 0 Å². The van der Waals surface area contributed by atoms with Crippen molar-refractivity contribution in [3.63, 3.8) is 0 Å². The third-order valence-corrected chi connectivity index (χ3v) is 3.58. The van der Waals surface area contributed by atoms with E-state index in [0.29, 0.717) is 11.0 Å². The number of nitrogens with zero attached hydrogens (tertiary/aromatic N) is 3. The molecular weight excluding hydrogens is 256 g/mol. The minimum absolute atomic E-state index is 0.0329. The van der Waals surface area contributed by atoms with Crippen molar-refractivity contribution in [1.29, 1.82) is 0 Å². The van der Waals surface area contributed by atoms with Crippen molar-refractivity contribution in [1.82, 2.24) is 4.98 Å². The van der Waals surface area contributed by atoms with E-state index in [9.17, 15) is 0 Å². The monoisotopic (exact) mass is 272 g/mol. The molecule has 1 rings (SSSR count). The van der Waals surface area contributed by atoms with E-state index in [0.717, 1.165) is 23.6 Å². The fourth-order valence-corrected chi connectivity index (χ4v) is 2.66. The van der Waals surface area contributed by atoms with Gasteiger partial charge in [0.1, 0.15) is 0 Å². The smallest absolute Gasteiger partial charge is 0.212 e. The quantitative estimate of drug-likeness (QED) is 0.399. The zero-order valence-electron chi connectivity index (χ0n) is 9.59. The number of amidine groups is 1. The number of rotatable bonds is 6. The Morgan fingerprint density at radius 3 is 2.88 bits per heavy atom. The molecule has 0 aromatic carbocycles. The summed E-state index contributed by atoms with van der Waals surface area (Å²) in [6.07, 6.45) is 0.798. The summed E-state index contributed by atoms with van der Waals surface area (Å²) in [5.74, 6) is 2.47. The van der Waals surface area contributed by atoms with Gasteiger partial charge in [0.15, 0.2) is 5.96 Å². The number of aromatic nitrogens is 1. The molecule has 8 heteroatoms. The molecule has 0 saturated carbocycles. The Morgan fingerprint density at radius 2 is 2.24 bits per heavy atom. The summed E-state index contributed by atoms with van der Waals surface area (Å²) < 4.78 is 0. The molecule has 0 bridgehead atoms. The molecule has 0 spiro atoms. The van der Waals surface area contributed by atoms with Gasteiger partial charge in [-0.2, -0.15) is 16.8 Å². The van der Waals surface area contributed by atoms with Crippen LogP contribution >= 0.6 is 23.1 Å². The number of hydrogen-bond donors (Lipinski definition) is 3. The third-order valence-electron chi connectivity index (χ3n) is 1.80.